The third-order valence-electron chi connectivity index (χ3n) is 3.29. The lowest BCUT2D eigenvalue weighted by molar-refractivity contribution is 1.05. The van der Waals surface area contributed by atoms with Gasteiger partial charge in [0.15, 0.2) is 0 Å². The molecule has 19 heavy (non-hydrogen) atoms. The maximum atomic E-state index is 4.51. The Morgan fingerprint density at radius 3 is 2.58 bits per heavy atom. The zero-order valence-electron chi connectivity index (χ0n) is 11.2. The molecule has 3 aromatic rings. The van der Waals surface area contributed by atoms with Gasteiger partial charge in [0.05, 0.1) is 0 Å². The summed E-state index contributed by atoms with van der Waals surface area (Å²) in [6, 6.07) is 16.8. The molecule has 2 nitrogen and oxygen atoms in total. The van der Waals surface area contributed by atoms with E-state index in [4.69, 9.17) is 0 Å². The molecule has 2 heteroatoms. The standard InChI is InChI=1S/C17H16N2/c1-13-6-5-8-15(12-13)17-18-10-11-19(17)16-9-4-3-7-14(16)2/h3-12H,1-2H3. The SMILES string of the molecule is Cc1cccc(-c2nccn2-c2ccccc2C)c1. The van der Waals surface area contributed by atoms with Crippen LogP contribution in [0.4, 0.5) is 0 Å². The Morgan fingerprint density at radius 1 is 0.947 bits per heavy atom. The van der Waals surface area contributed by atoms with Crippen molar-refractivity contribution in [2.75, 3.05) is 0 Å². The molecule has 1 heterocycles. The van der Waals surface area contributed by atoms with Gasteiger partial charge in [0, 0.05) is 23.6 Å². The normalized spacial score (nSPS) is 10.6. The van der Waals surface area contributed by atoms with Crippen LogP contribution in [0.25, 0.3) is 17.1 Å². The van der Waals surface area contributed by atoms with Crippen LogP contribution in [0.15, 0.2) is 60.9 Å². The number of nitrogens with zero attached hydrogens (tertiary/aromatic N) is 2. The molecule has 0 N–H and O–H groups in total. The smallest absolute Gasteiger partial charge is 0.144 e. The Morgan fingerprint density at radius 2 is 1.79 bits per heavy atom. The fourth-order valence-electron chi connectivity index (χ4n) is 2.33. The molecule has 0 aliphatic rings. The van der Waals surface area contributed by atoms with Gasteiger partial charge in [0.25, 0.3) is 0 Å². The van der Waals surface area contributed by atoms with Crippen LogP contribution >= 0.6 is 0 Å². The van der Waals surface area contributed by atoms with Crippen LogP contribution in [-0.2, 0) is 0 Å². The van der Waals surface area contributed by atoms with Crippen molar-refractivity contribution < 1.29 is 0 Å². The van der Waals surface area contributed by atoms with Crippen LogP contribution in [0.3, 0.4) is 0 Å². The number of aromatic nitrogens is 2. The molecule has 0 aliphatic carbocycles. The minimum Gasteiger partial charge on any atom is -0.300 e. The molecular formula is C17H16N2. The minimum atomic E-state index is 0.984. The van der Waals surface area contributed by atoms with E-state index in [9.17, 15) is 0 Å². The molecule has 94 valence electrons. The van der Waals surface area contributed by atoms with E-state index in [1.807, 2.05) is 12.4 Å². The number of benzene rings is 2. The van der Waals surface area contributed by atoms with Crippen molar-refractivity contribution in [1.29, 1.82) is 0 Å². The van der Waals surface area contributed by atoms with Gasteiger partial charge in [-0.15, -0.1) is 0 Å². The Hall–Kier alpha value is -2.35. The summed E-state index contributed by atoms with van der Waals surface area (Å²) in [4.78, 5) is 4.51. The van der Waals surface area contributed by atoms with Crippen molar-refractivity contribution in [2.24, 2.45) is 0 Å². The van der Waals surface area contributed by atoms with Crippen molar-refractivity contribution in [3.05, 3.63) is 72.1 Å². The Labute approximate surface area is 113 Å². The fourth-order valence-corrected chi connectivity index (χ4v) is 2.33. The van der Waals surface area contributed by atoms with Crippen LogP contribution in [0.1, 0.15) is 11.1 Å². The van der Waals surface area contributed by atoms with Crippen LogP contribution in [0, 0.1) is 13.8 Å². The van der Waals surface area contributed by atoms with Crippen LogP contribution in [-0.4, -0.2) is 9.55 Å². The van der Waals surface area contributed by atoms with Gasteiger partial charge >= 0.3 is 0 Å². The van der Waals surface area contributed by atoms with E-state index < -0.39 is 0 Å². The zero-order valence-corrected chi connectivity index (χ0v) is 11.2. The summed E-state index contributed by atoms with van der Waals surface area (Å²) in [6.07, 6.45) is 3.87. The predicted molar refractivity (Wildman–Crippen MR) is 78.5 cm³/mol. The molecule has 0 unspecified atom stereocenters. The average molecular weight is 248 g/mol. The van der Waals surface area contributed by atoms with Crippen molar-refractivity contribution >= 4 is 0 Å². The first-order chi connectivity index (χ1) is 9.25. The molecule has 0 bridgehead atoms. The van der Waals surface area contributed by atoms with E-state index in [1.165, 1.54) is 16.8 Å². The molecule has 0 fully saturated rings. The number of aryl methyl sites for hydroxylation is 2. The van der Waals surface area contributed by atoms with Crippen molar-refractivity contribution in [1.82, 2.24) is 9.55 Å². The van der Waals surface area contributed by atoms with Gasteiger partial charge in [-0.25, -0.2) is 4.98 Å². The summed E-state index contributed by atoms with van der Waals surface area (Å²) in [6.45, 7) is 4.22. The second kappa shape index (κ2) is 4.73. The molecule has 0 atom stereocenters. The lowest BCUT2D eigenvalue weighted by atomic mass is 10.1. The molecule has 0 saturated heterocycles. The van der Waals surface area contributed by atoms with Crippen LogP contribution < -0.4 is 0 Å². The van der Waals surface area contributed by atoms with E-state index in [2.05, 4.69) is 71.9 Å². The highest BCUT2D eigenvalue weighted by molar-refractivity contribution is 5.60. The van der Waals surface area contributed by atoms with Gasteiger partial charge in [-0.1, -0.05) is 42.0 Å². The molecule has 0 saturated carbocycles. The lowest BCUT2D eigenvalue weighted by Crippen LogP contribution is -1.98. The van der Waals surface area contributed by atoms with Crippen LogP contribution in [0.5, 0.6) is 0 Å². The van der Waals surface area contributed by atoms with Crippen molar-refractivity contribution in [3.63, 3.8) is 0 Å². The largest absolute Gasteiger partial charge is 0.300 e. The average Bonchev–Trinajstić information content (AvgIpc) is 2.88. The van der Waals surface area contributed by atoms with Crippen molar-refractivity contribution in [3.8, 4) is 17.1 Å². The first-order valence-electron chi connectivity index (χ1n) is 6.42. The maximum absolute atomic E-state index is 4.51. The Balaban J connectivity index is 2.16. The highest BCUT2D eigenvalue weighted by Gasteiger charge is 2.08. The second-order valence-corrected chi connectivity index (χ2v) is 4.78. The topological polar surface area (TPSA) is 17.8 Å². The van der Waals surface area contributed by atoms with Gasteiger partial charge in [-0.05, 0) is 31.5 Å². The molecule has 3 rings (SSSR count). The monoisotopic (exact) mass is 248 g/mol. The first-order valence-corrected chi connectivity index (χ1v) is 6.42. The summed E-state index contributed by atoms with van der Waals surface area (Å²) in [5.41, 5.74) is 4.82. The predicted octanol–water partition coefficient (Wildman–Crippen LogP) is 4.16. The number of para-hydroxylation sites is 1. The van der Waals surface area contributed by atoms with Gasteiger partial charge in [0.2, 0.25) is 0 Å². The van der Waals surface area contributed by atoms with E-state index in [-0.39, 0.29) is 0 Å². The molecule has 0 aliphatic heterocycles. The highest BCUT2D eigenvalue weighted by Crippen LogP contribution is 2.23. The summed E-state index contributed by atoms with van der Waals surface area (Å²) in [5, 5.41) is 0. The molecular weight excluding hydrogens is 232 g/mol. The van der Waals surface area contributed by atoms with E-state index >= 15 is 0 Å². The summed E-state index contributed by atoms with van der Waals surface area (Å²) >= 11 is 0. The van der Waals surface area contributed by atoms with Gasteiger partial charge < -0.3 is 0 Å². The summed E-state index contributed by atoms with van der Waals surface area (Å²) in [5.74, 6) is 0.984. The number of hydrogen-bond acceptors (Lipinski definition) is 1. The zero-order chi connectivity index (χ0) is 13.2. The van der Waals surface area contributed by atoms with E-state index in [0.29, 0.717) is 0 Å². The summed E-state index contributed by atoms with van der Waals surface area (Å²) < 4.78 is 2.14. The van der Waals surface area contributed by atoms with E-state index in [0.717, 1.165) is 11.4 Å². The number of hydrogen-bond donors (Lipinski definition) is 0. The van der Waals surface area contributed by atoms with E-state index in [1.54, 1.807) is 0 Å². The molecule has 0 spiro atoms. The molecule has 0 amide bonds. The highest BCUT2D eigenvalue weighted by atomic mass is 15.1. The van der Waals surface area contributed by atoms with Gasteiger partial charge in [-0.2, -0.15) is 0 Å². The maximum Gasteiger partial charge on any atom is 0.144 e. The molecule has 0 radical (unpaired) electrons. The van der Waals surface area contributed by atoms with Gasteiger partial charge in [0.1, 0.15) is 5.82 Å². The Bertz CT molecular complexity index is 711. The number of imidazole rings is 1. The number of rotatable bonds is 2. The lowest BCUT2D eigenvalue weighted by Gasteiger charge is -2.11. The molecule has 1 aromatic heterocycles. The minimum absolute atomic E-state index is 0.984. The fraction of sp³-hybridized carbons (Fsp3) is 0.118. The summed E-state index contributed by atoms with van der Waals surface area (Å²) in [7, 11) is 0. The quantitative estimate of drug-likeness (QED) is 0.666. The second-order valence-electron chi connectivity index (χ2n) is 4.78. The van der Waals surface area contributed by atoms with Crippen molar-refractivity contribution in [2.45, 2.75) is 13.8 Å². The molecule has 2 aromatic carbocycles. The Kier molecular flexibility index (Phi) is 2.92. The van der Waals surface area contributed by atoms with Crippen LogP contribution in [0.2, 0.25) is 0 Å². The van der Waals surface area contributed by atoms with Gasteiger partial charge in [-0.3, -0.25) is 4.57 Å². The third-order valence-corrected chi connectivity index (χ3v) is 3.29. The third kappa shape index (κ3) is 2.17. The first kappa shape index (κ1) is 11.7.